The Balaban J connectivity index is 2.26. The summed E-state index contributed by atoms with van der Waals surface area (Å²) < 4.78 is 15.2. The second-order valence-electron chi connectivity index (χ2n) is 6.11. The van der Waals surface area contributed by atoms with Crippen LogP contribution in [-0.2, 0) is 16.1 Å². The fraction of sp³-hybridized carbons (Fsp3) is 0.333. The third-order valence-corrected chi connectivity index (χ3v) is 4.23. The van der Waals surface area contributed by atoms with Crippen LogP contribution in [0.15, 0.2) is 42.5 Å². The Kier molecular flexibility index (Phi) is 7.23. The maximum atomic E-state index is 13.1. The van der Waals surface area contributed by atoms with Crippen molar-refractivity contribution in [3.8, 4) is 11.5 Å². The van der Waals surface area contributed by atoms with Crippen molar-refractivity contribution in [3.63, 3.8) is 0 Å². The van der Waals surface area contributed by atoms with Crippen LogP contribution in [0.25, 0.3) is 0 Å². The molecule has 0 spiro atoms. The maximum Gasteiger partial charge on any atom is 0.307 e. The van der Waals surface area contributed by atoms with Crippen LogP contribution < -0.4 is 9.47 Å². The van der Waals surface area contributed by atoms with E-state index < -0.39 is 0 Å². The molecule has 0 unspecified atom stereocenters. The van der Waals surface area contributed by atoms with Crippen molar-refractivity contribution in [1.82, 2.24) is 4.90 Å². The van der Waals surface area contributed by atoms with Crippen molar-refractivity contribution in [2.45, 2.75) is 19.9 Å². The van der Waals surface area contributed by atoms with Gasteiger partial charge in [0, 0.05) is 18.7 Å². The molecule has 6 nitrogen and oxygen atoms in total. The summed E-state index contributed by atoms with van der Waals surface area (Å²) in [6.45, 7) is 2.66. The quantitative estimate of drug-likeness (QED) is 0.667. The van der Waals surface area contributed by atoms with Gasteiger partial charge in [-0.2, -0.15) is 0 Å². The lowest BCUT2D eigenvalue weighted by Gasteiger charge is -2.23. The number of rotatable bonds is 8. The molecule has 0 aromatic heterocycles. The molecule has 0 bridgehead atoms. The van der Waals surface area contributed by atoms with Crippen LogP contribution >= 0.6 is 0 Å². The van der Waals surface area contributed by atoms with Gasteiger partial charge in [-0.25, -0.2) is 0 Å². The first-order valence-corrected chi connectivity index (χ1v) is 8.62. The number of amides is 1. The van der Waals surface area contributed by atoms with E-state index in [4.69, 9.17) is 14.2 Å². The highest BCUT2D eigenvalue weighted by Crippen LogP contribution is 2.28. The third-order valence-electron chi connectivity index (χ3n) is 4.23. The molecule has 2 aromatic carbocycles. The number of ether oxygens (including phenoxy) is 3. The Morgan fingerprint density at radius 2 is 1.59 bits per heavy atom. The number of carbonyl (C=O) groups excluding carboxylic acids is 2. The van der Waals surface area contributed by atoms with E-state index in [9.17, 15) is 9.59 Å². The minimum Gasteiger partial charge on any atom is -0.493 e. The van der Waals surface area contributed by atoms with E-state index in [1.165, 1.54) is 14.2 Å². The van der Waals surface area contributed by atoms with Crippen LogP contribution in [0.3, 0.4) is 0 Å². The Hall–Kier alpha value is -3.02. The van der Waals surface area contributed by atoms with Gasteiger partial charge in [0.25, 0.3) is 5.91 Å². The highest BCUT2D eigenvalue weighted by molar-refractivity contribution is 5.95. The smallest absolute Gasteiger partial charge is 0.307 e. The van der Waals surface area contributed by atoms with Crippen LogP contribution in [0.1, 0.15) is 27.9 Å². The molecule has 0 fully saturated rings. The summed E-state index contributed by atoms with van der Waals surface area (Å²) in [5.74, 6) is 0.477. The zero-order chi connectivity index (χ0) is 19.8. The first-order chi connectivity index (χ1) is 13.0. The Morgan fingerprint density at radius 1 is 0.926 bits per heavy atom. The first-order valence-electron chi connectivity index (χ1n) is 8.62. The van der Waals surface area contributed by atoms with Crippen LogP contribution in [-0.4, -0.2) is 44.7 Å². The largest absolute Gasteiger partial charge is 0.493 e. The van der Waals surface area contributed by atoms with Crippen molar-refractivity contribution < 1.29 is 23.8 Å². The van der Waals surface area contributed by atoms with Crippen LogP contribution in [0.2, 0.25) is 0 Å². The number of hydrogen-bond acceptors (Lipinski definition) is 5. The molecule has 0 atom stereocenters. The number of aryl methyl sites for hydroxylation is 1. The van der Waals surface area contributed by atoms with Gasteiger partial charge in [-0.05, 0) is 30.7 Å². The normalized spacial score (nSPS) is 10.2. The minimum atomic E-state index is -0.357. The minimum absolute atomic E-state index is 0.126. The number of hydrogen-bond donors (Lipinski definition) is 0. The molecule has 1 amide bonds. The van der Waals surface area contributed by atoms with Gasteiger partial charge in [0.15, 0.2) is 11.5 Å². The summed E-state index contributed by atoms with van der Waals surface area (Å²) in [4.78, 5) is 26.2. The molecule has 2 aromatic rings. The molecule has 0 heterocycles. The lowest BCUT2D eigenvalue weighted by atomic mass is 10.1. The molecule has 0 saturated heterocycles. The molecule has 2 rings (SSSR count). The molecule has 0 radical (unpaired) electrons. The van der Waals surface area contributed by atoms with Crippen molar-refractivity contribution in [2.24, 2.45) is 0 Å². The summed E-state index contributed by atoms with van der Waals surface area (Å²) >= 11 is 0. The standard InChI is InChI=1S/C21H25NO5/c1-15-5-7-16(8-6-15)14-22(12-11-20(23)27-4)21(24)17-9-10-18(25-2)19(13-17)26-3/h5-10,13H,11-12,14H2,1-4H3. The highest BCUT2D eigenvalue weighted by Gasteiger charge is 2.19. The van der Waals surface area contributed by atoms with E-state index in [0.29, 0.717) is 23.6 Å². The molecular weight excluding hydrogens is 346 g/mol. The average Bonchev–Trinajstić information content (AvgIpc) is 2.71. The van der Waals surface area contributed by atoms with Crippen molar-refractivity contribution in [2.75, 3.05) is 27.9 Å². The number of benzene rings is 2. The van der Waals surface area contributed by atoms with Crippen molar-refractivity contribution in [3.05, 3.63) is 59.2 Å². The lowest BCUT2D eigenvalue weighted by Crippen LogP contribution is -2.32. The van der Waals surface area contributed by atoms with Crippen LogP contribution in [0, 0.1) is 6.92 Å². The number of methoxy groups -OCH3 is 3. The van der Waals surface area contributed by atoms with Gasteiger partial charge in [0.2, 0.25) is 0 Å². The van der Waals surface area contributed by atoms with Gasteiger partial charge in [0.1, 0.15) is 0 Å². The van der Waals surface area contributed by atoms with E-state index in [0.717, 1.165) is 11.1 Å². The predicted molar refractivity (Wildman–Crippen MR) is 102 cm³/mol. The highest BCUT2D eigenvalue weighted by atomic mass is 16.5. The molecule has 6 heteroatoms. The molecule has 144 valence electrons. The second-order valence-corrected chi connectivity index (χ2v) is 6.11. The summed E-state index contributed by atoms with van der Waals surface area (Å²) in [5.41, 5.74) is 2.59. The molecule has 0 N–H and O–H groups in total. The Labute approximate surface area is 159 Å². The first kappa shape index (κ1) is 20.3. The molecule has 27 heavy (non-hydrogen) atoms. The zero-order valence-electron chi connectivity index (χ0n) is 16.2. The monoisotopic (exact) mass is 371 g/mol. The summed E-state index contributed by atoms with van der Waals surface area (Å²) in [7, 11) is 4.40. The SMILES string of the molecule is COC(=O)CCN(Cc1ccc(C)cc1)C(=O)c1ccc(OC)c(OC)c1. The second kappa shape index (κ2) is 9.62. The Morgan fingerprint density at radius 3 is 2.19 bits per heavy atom. The van der Waals surface area contributed by atoms with Crippen molar-refractivity contribution in [1.29, 1.82) is 0 Å². The van der Waals surface area contributed by atoms with Crippen LogP contribution in [0.4, 0.5) is 0 Å². The Bertz CT molecular complexity index is 786. The van der Waals surface area contributed by atoms with Gasteiger partial charge >= 0.3 is 5.97 Å². The third kappa shape index (κ3) is 5.48. The van der Waals surface area contributed by atoms with E-state index in [-0.39, 0.29) is 24.8 Å². The number of esters is 1. The summed E-state index contributed by atoms with van der Waals surface area (Å²) in [6.07, 6.45) is 0.126. The average molecular weight is 371 g/mol. The van der Waals surface area contributed by atoms with Gasteiger partial charge in [-0.1, -0.05) is 29.8 Å². The lowest BCUT2D eigenvalue weighted by molar-refractivity contribution is -0.140. The van der Waals surface area contributed by atoms with Crippen LogP contribution in [0.5, 0.6) is 11.5 Å². The van der Waals surface area contributed by atoms with Gasteiger partial charge in [0.05, 0.1) is 27.8 Å². The fourth-order valence-electron chi connectivity index (χ4n) is 2.65. The molecule has 0 aliphatic heterocycles. The fourth-order valence-corrected chi connectivity index (χ4v) is 2.65. The number of nitrogens with zero attached hydrogens (tertiary/aromatic N) is 1. The van der Waals surface area contributed by atoms with E-state index in [1.54, 1.807) is 30.2 Å². The molecular formula is C21H25NO5. The van der Waals surface area contributed by atoms with Gasteiger partial charge < -0.3 is 19.1 Å². The van der Waals surface area contributed by atoms with E-state index in [1.807, 2.05) is 31.2 Å². The molecule has 0 aliphatic rings. The zero-order valence-corrected chi connectivity index (χ0v) is 16.2. The van der Waals surface area contributed by atoms with Crippen molar-refractivity contribution >= 4 is 11.9 Å². The van der Waals surface area contributed by atoms with E-state index >= 15 is 0 Å². The summed E-state index contributed by atoms with van der Waals surface area (Å²) in [6, 6.07) is 13.0. The topological polar surface area (TPSA) is 65.1 Å². The van der Waals surface area contributed by atoms with Gasteiger partial charge in [-0.15, -0.1) is 0 Å². The predicted octanol–water partition coefficient (Wildman–Crippen LogP) is 3.22. The summed E-state index contributed by atoms with van der Waals surface area (Å²) in [5, 5.41) is 0. The maximum absolute atomic E-state index is 13.1. The van der Waals surface area contributed by atoms with Gasteiger partial charge in [-0.3, -0.25) is 9.59 Å². The molecule has 0 aliphatic carbocycles. The molecule has 0 saturated carbocycles. The number of carbonyl (C=O) groups is 2. The van der Waals surface area contributed by atoms with E-state index in [2.05, 4.69) is 0 Å².